The average Bonchev–Trinajstić information content (AvgIpc) is 2.83. The van der Waals surface area contributed by atoms with Gasteiger partial charge in [-0.1, -0.05) is 0 Å². The number of carboxylic acid groups (broad SMARTS) is 1. The topological polar surface area (TPSA) is 92.4 Å². The smallest absolute Gasteiger partial charge is 0.337 e. The lowest BCUT2D eigenvalue weighted by atomic mass is 10.2. The predicted octanol–water partition coefficient (Wildman–Crippen LogP) is 1.63. The van der Waals surface area contributed by atoms with Crippen molar-refractivity contribution in [2.24, 2.45) is 0 Å². The van der Waals surface area contributed by atoms with Gasteiger partial charge in [0.05, 0.1) is 23.7 Å². The highest BCUT2D eigenvalue weighted by Crippen LogP contribution is 2.14. The van der Waals surface area contributed by atoms with Gasteiger partial charge in [-0.15, -0.1) is 0 Å². The van der Waals surface area contributed by atoms with Crippen LogP contribution in [0.4, 0.5) is 5.69 Å². The molecular weight excluding hydrogens is 224 g/mol. The minimum absolute atomic E-state index is 0.0279. The third kappa shape index (κ3) is 2.31. The number of hydrogen-bond acceptors (Lipinski definition) is 4. The molecule has 2 rings (SSSR count). The van der Waals surface area contributed by atoms with Gasteiger partial charge in [0.15, 0.2) is 5.76 Å². The van der Waals surface area contributed by atoms with Gasteiger partial charge in [0.1, 0.15) is 0 Å². The highest BCUT2D eigenvalue weighted by Gasteiger charge is 2.14. The fourth-order valence-corrected chi connectivity index (χ4v) is 1.27. The average molecular weight is 232 g/mol. The number of aromatic carboxylic acids is 1. The molecule has 0 saturated heterocycles. The number of carbonyl (C=O) groups is 2. The van der Waals surface area contributed by atoms with Crippen molar-refractivity contribution in [3.05, 3.63) is 48.2 Å². The highest BCUT2D eigenvalue weighted by atomic mass is 16.4. The molecule has 2 aromatic heterocycles. The van der Waals surface area contributed by atoms with Gasteiger partial charge in [-0.3, -0.25) is 9.78 Å². The SMILES string of the molecule is O=C(Nc1cnccc1C(=O)O)c1ccco1. The molecule has 6 heteroatoms. The fourth-order valence-electron chi connectivity index (χ4n) is 1.27. The van der Waals surface area contributed by atoms with Crippen LogP contribution in [0.15, 0.2) is 41.3 Å². The van der Waals surface area contributed by atoms with Crippen LogP contribution in [0.25, 0.3) is 0 Å². The van der Waals surface area contributed by atoms with Gasteiger partial charge in [-0.25, -0.2) is 4.79 Å². The molecule has 2 aromatic rings. The summed E-state index contributed by atoms with van der Waals surface area (Å²) >= 11 is 0. The van der Waals surface area contributed by atoms with E-state index in [9.17, 15) is 9.59 Å². The van der Waals surface area contributed by atoms with Crippen LogP contribution < -0.4 is 5.32 Å². The third-order valence-electron chi connectivity index (χ3n) is 2.04. The number of furan rings is 1. The molecule has 6 nitrogen and oxygen atoms in total. The molecule has 0 atom stereocenters. The number of carboxylic acids is 1. The van der Waals surface area contributed by atoms with Crippen molar-refractivity contribution in [3.63, 3.8) is 0 Å². The number of aromatic nitrogens is 1. The van der Waals surface area contributed by atoms with E-state index >= 15 is 0 Å². The summed E-state index contributed by atoms with van der Waals surface area (Å²) in [6, 6.07) is 4.35. The zero-order valence-corrected chi connectivity index (χ0v) is 8.58. The first kappa shape index (κ1) is 10.9. The minimum Gasteiger partial charge on any atom is -0.478 e. The zero-order chi connectivity index (χ0) is 12.3. The van der Waals surface area contributed by atoms with Gasteiger partial charge >= 0.3 is 5.97 Å². The summed E-state index contributed by atoms with van der Waals surface area (Å²) in [5.41, 5.74) is 0.0984. The van der Waals surface area contributed by atoms with Gasteiger partial charge in [0, 0.05) is 6.20 Å². The minimum atomic E-state index is -1.14. The van der Waals surface area contributed by atoms with Crippen LogP contribution in [0, 0.1) is 0 Å². The van der Waals surface area contributed by atoms with E-state index in [1.165, 1.54) is 30.8 Å². The Kier molecular flexibility index (Phi) is 2.87. The Hall–Kier alpha value is -2.63. The first-order valence-electron chi connectivity index (χ1n) is 4.70. The van der Waals surface area contributed by atoms with Crippen molar-refractivity contribution in [1.82, 2.24) is 4.98 Å². The maximum absolute atomic E-state index is 11.6. The van der Waals surface area contributed by atoms with Crippen molar-refractivity contribution in [3.8, 4) is 0 Å². The van der Waals surface area contributed by atoms with Crippen LogP contribution in [0.1, 0.15) is 20.9 Å². The summed E-state index contributed by atoms with van der Waals surface area (Å²) < 4.78 is 4.89. The molecule has 0 unspecified atom stereocenters. The van der Waals surface area contributed by atoms with Gasteiger partial charge < -0.3 is 14.8 Å². The number of nitrogens with zero attached hydrogens (tertiary/aromatic N) is 1. The Morgan fingerprint density at radius 3 is 2.82 bits per heavy atom. The highest BCUT2D eigenvalue weighted by molar-refractivity contribution is 6.06. The Morgan fingerprint density at radius 2 is 2.18 bits per heavy atom. The van der Waals surface area contributed by atoms with E-state index in [1.807, 2.05) is 0 Å². The molecule has 0 aromatic carbocycles. The molecule has 0 aliphatic carbocycles. The Bertz CT molecular complexity index is 548. The number of carbonyl (C=O) groups excluding carboxylic acids is 1. The van der Waals surface area contributed by atoms with Crippen molar-refractivity contribution in [2.75, 3.05) is 5.32 Å². The van der Waals surface area contributed by atoms with E-state index < -0.39 is 11.9 Å². The molecule has 0 spiro atoms. The summed E-state index contributed by atoms with van der Waals surface area (Å²) in [6.45, 7) is 0. The van der Waals surface area contributed by atoms with Crippen LogP contribution in [0.2, 0.25) is 0 Å². The summed E-state index contributed by atoms with van der Waals surface area (Å²) in [6.07, 6.45) is 3.96. The van der Waals surface area contributed by atoms with Gasteiger partial charge in [-0.05, 0) is 18.2 Å². The van der Waals surface area contributed by atoms with Gasteiger partial charge in [-0.2, -0.15) is 0 Å². The van der Waals surface area contributed by atoms with E-state index in [1.54, 1.807) is 6.07 Å². The fraction of sp³-hybridized carbons (Fsp3) is 0. The second-order valence-corrected chi connectivity index (χ2v) is 3.16. The summed E-state index contributed by atoms with van der Waals surface area (Å²) in [5.74, 6) is -1.56. The van der Waals surface area contributed by atoms with Crippen molar-refractivity contribution in [1.29, 1.82) is 0 Å². The van der Waals surface area contributed by atoms with Crippen molar-refractivity contribution in [2.45, 2.75) is 0 Å². The Morgan fingerprint density at radius 1 is 1.35 bits per heavy atom. The molecule has 0 radical (unpaired) electrons. The number of pyridine rings is 1. The number of anilines is 1. The monoisotopic (exact) mass is 232 g/mol. The molecule has 0 aliphatic heterocycles. The largest absolute Gasteiger partial charge is 0.478 e. The maximum Gasteiger partial charge on any atom is 0.337 e. The van der Waals surface area contributed by atoms with Crippen LogP contribution >= 0.6 is 0 Å². The molecule has 0 bridgehead atoms. The predicted molar refractivity (Wildman–Crippen MR) is 57.9 cm³/mol. The molecule has 2 heterocycles. The molecule has 0 aliphatic rings. The first-order chi connectivity index (χ1) is 8.18. The van der Waals surface area contributed by atoms with Crippen LogP contribution in [-0.4, -0.2) is 22.0 Å². The quantitative estimate of drug-likeness (QED) is 0.838. The van der Waals surface area contributed by atoms with E-state index in [0.717, 1.165) is 0 Å². The van der Waals surface area contributed by atoms with E-state index in [2.05, 4.69) is 10.3 Å². The lowest BCUT2D eigenvalue weighted by Crippen LogP contribution is -2.14. The van der Waals surface area contributed by atoms with Crippen molar-refractivity contribution >= 4 is 17.6 Å². The van der Waals surface area contributed by atoms with Crippen LogP contribution in [0.5, 0.6) is 0 Å². The number of amides is 1. The van der Waals surface area contributed by atoms with Crippen molar-refractivity contribution < 1.29 is 19.1 Å². The Balaban J connectivity index is 2.25. The third-order valence-corrected chi connectivity index (χ3v) is 2.04. The lowest BCUT2D eigenvalue weighted by Gasteiger charge is -2.05. The summed E-state index contributed by atoms with van der Waals surface area (Å²) in [7, 11) is 0. The van der Waals surface area contributed by atoms with Gasteiger partial charge in [0.25, 0.3) is 5.91 Å². The number of nitrogens with one attached hydrogen (secondary N) is 1. The second-order valence-electron chi connectivity index (χ2n) is 3.16. The summed E-state index contributed by atoms with van der Waals surface area (Å²) in [5, 5.41) is 11.3. The number of rotatable bonds is 3. The zero-order valence-electron chi connectivity index (χ0n) is 8.58. The van der Waals surface area contributed by atoms with E-state index in [-0.39, 0.29) is 17.0 Å². The molecule has 1 amide bonds. The van der Waals surface area contributed by atoms with E-state index in [4.69, 9.17) is 9.52 Å². The normalized spacial score (nSPS) is 9.88. The molecule has 17 heavy (non-hydrogen) atoms. The maximum atomic E-state index is 11.6. The lowest BCUT2D eigenvalue weighted by molar-refractivity contribution is 0.0698. The summed E-state index contributed by atoms with van der Waals surface area (Å²) in [4.78, 5) is 26.3. The van der Waals surface area contributed by atoms with Gasteiger partial charge in [0.2, 0.25) is 0 Å². The standard InChI is InChI=1S/C11H8N2O4/c14-10(9-2-1-5-17-9)13-8-6-12-4-3-7(8)11(15)16/h1-6H,(H,13,14)(H,15,16). The Labute approximate surface area is 95.9 Å². The molecule has 0 fully saturated rings. The number of hydrogen-bond donors (Lipinski definition) is 2. The molecule has 0 saturated carbocycles. The second kappa shape index (κ2) is 4.48. The molecule has 86 valence electrons. The van der Waals surface area contributed by atoms with Crippen LogP contribution in [-0.2, 0) is 0 Å². The molecule has 2 N–H and O–H groups in total. The molecular formula is C11H8N2O4. The van der Waals surface area contributed by atoms with E-state index in [0.29, 0.717) is 0 Å². The van der Waals surface area contributed by atoms with Crippen LogP contribution in [0.3, 0.4) is 0 Å². The first-order valence-corrected chi connectivity index (χ1v) is 4.70.